The second kappa shape index (κ2) is 6.00. The summed E-state index contributed by atoms with van der Waals surface area (Å²) < 4.78 is 5.53. The van der Waals surface area contributed by atoms with Gasteiger partial charge in [-0.1, -0.05) is 6.92 Å². The van der Waals surface area contributed by atoms with Crippen LogP contribution in [-0.4, -0.2) is 29.2 Å². The number of hydrogen-bond acceptors (Lipinski definition) is 5. The van der Waals surface area contributed by atoms with Crippen molar-refractivity contribution in [3.05, 3.63) is 11.8 Å². The summed E-state index contributed by atoms with van der Waals surface area (Å²) in [4.78, 5) is 8.70. The highest BCUT2D eigenvalue weighted by atomic mass is 16.5. The van der Waals surface area contributed by atoms with Crippen LogP contribution < -0.4 is 15.8 Å². The van der Waals surface area contributed by atoms with Crippen LogP contribution in [0.1, 0.15) is 31.9 Å². The first-order valence-electron chi connectivity index (χ1n) is 6.65. The van der Waals surface area contributed by atoms with Gasteiger partial charge in [-0.05, 0) is 32.1 Å². The first kappa shape index (κ1) is 13.1. The fourth-order valence-corrected chi connectivity index (χ4v) is 2.09. The maximum absolute atomic E-state index is 5.76. The van der Waals surface area contributed by atoms with Gasteiger partial charge in [0.25, 0.3) is 0 Å². The van der Waals surface area contributed by atoms with E-state index in [1.807, 2.05) is 13.0 Å². The van der Waals surface area contributed by atoms with Crippen molar-refractivity contribution in [1.29, 1.82) is 0 Å². The molecule has 0 aromatic carbocycles. The number of nitrogens with zero attached hydrogens (tertiary/aromatic N) is 2. The summed E-state index contributed by atoms with van der Waals surface area (Å²) in [5.74, 6) is 1.96. The van der Waals surface area contributed by atoms with E-state index in [1.54, 1.807) is 0 Å². The molecule has 100 valence electrons. The topological polar surface area (TPSA) is 73.1 Å². The highest BCUT2D eigenvalue weighted by Crippen LogP contribution is 2.25. The predicted molar refractivity (Wildman–Crippen MR) is 71.7 cm³/mol. The van der Waals surface area contributed by atoms with Gasteiger partial charge in [0.2, 0.25) is 11.8 Å². The molecule has 0 saturated heterocycles. The molecule has 1 aromatic heterocycles. The number of ether oxygens (including phenoxy) is 1. The van der Waals surface area contributed by atoms with Crippen molar-refractivity contribution in [3.8, 4) is 5.88 Å². The Labute approximate surface area is 108 Å². The van der Waals surface area contributed by atoms with Gasteiger partial charge in [0.05, 0.1) is 6.61 Å². The van der Waals surface area contributed by atoms with E-state index < -0.39 is 0 Å². The van der Waals surface area contributed by atoms with Crippen molar-refractivity contribution in [3.63, 3.8) is 0 Å². The largest absolute Gasteiger partial charge is 0.478 e. The lowest BCUT2D eigenvalue weighted by Gasteiger charge is -2.32. The molecule has 0 spiro atoms. The molecule has 2 rings (SSSR count). The van der Waals surface area contributed by atoms with Gasteiger partial charge in [0.15, 0.2) is 0 Å². The minimum absolute atomic E-state index is 0.388. The normalized spacial score (nSPS) is 22.4. The van der Waals surface area contributed by atoms with Gasteiger partial charge < -0.3 is 15.8 Å². The number of anilines is 1. The van der Waals surface area contributed by atoms with Crippen LogP contribution in [0.4, 0.5) is 5.95 Å². The van der Waals surface area contributed by atoms with E-state index >= 15 is 0 Å². The van der Waals surface area contributed by atoms with Gasteiger partial charge >= 0.3 is 0 Å². The molecule has 1 aliphatic rings. The van der Waals surface area contributed by atoms with Crippen LogP contribution in [0, 0.1) is 12.8 Å². The Bertz CT molecular complexity index is 391. The first-order chi connectivity index (χ1) is 8.67. The van der Waals surface area contributed by atoms with Gasteiger partial charge in [0, 0.05) is 24.3 Å². The first-order valence-corrected chi connectivity index (χ1v) is 6.65. The van der Waals surface area contributed by atoms with Crippen molar-refractivity contribution in [2.45, 2.75) is 39.2 Å². The molecular formula is C13H22N4O. The second-order valence-electron chi connectivity index (χ2n) is 5.00. The third-order valence-electron chi connectivity index (χ3n) is 3.11. The third kappa shape index (κ3) is 3.57. The minimum Gasteiger partial charge on any atom is -0.478 e. The maximum Gasteiger partial charge on any atom is 0.226 e. The smallest absolute Gasteiger partial charge is 0.226 e. The zero-order valence-corrected chi connectivity index (χ0v) is 11.1. The lowest BCUT2D eigenvalue weighted by atomic mass is 9.81. The van der Waals surface area contributed by atoms with Crippen LogP contribution in [0.3, 0.4) is 0 Å². The Hall–Kier alpha value is -1.36. The van der Waals surface area contributed by atoms with Gasteiger partial charge in [-0.3, -0.25) is 0 Å². The highest BCUT2D eigenvalue weighted by molar-refractivity contribution is 5.30. The summed E-state index contributed by atoms with van der Waals surface area (Å²) in [5.41, 5.74) is 6.68. The van der Waals surface area contributed by atoms with Crippen molar-refractivity contribution in [2.24, 2.45) is 11.7 Å². The minimum atomic E-state index is 0.388. The molecule has 5 heteroatoms. The average molecular weight is 250 g/mol. The summed E-state index contributed by atoms with van der Waals surface area (Å²) in [6, 6.07) is 2.25. The van der Waals surface area contributed by atoms with E-state index in [0.29, 0.717) is 30.4 Å². The molecule has 0 unspecified atom stereocenters. The van der Waals surface area contributed by atoms with Gasteiger partial charge in [-0.25, -0.2) is 4.98 Å². The van der Waals surface area contributed by atoms with Crippen LogP contribution >= 0.6 is 0 Å². The molecule has 3 N–H and O–H groups in total. The van der Waals surface area contributed by atoms with Gasteiger partial charge in [-0.15, -0.1) is 0 Å². The van der Waals surface area contributed by atoms with E-state index in [-0.39, 0.29) is 0 Å². The Morgan fingerprint density at radius 2 is 2.22 bits per heavy atom. The molecule has 1 saturated carbocycles. The van der Waals surface area contributed by atoms with E-state index in [1.165, 1.54) is 0 Å². The molecule has 0 aliphatic heterocycles. The lowest BCUT2D eigenvalue weighted by Crippen LogP contribution is -2.39. The van der Waals surface area contributed by atoms with Crippen LogP contribution in [0.5, 0.6) is 5.88 Å². The van der Waals surface area contributed by atoms with Crippen LogP contribution in [0.15, 0.2) is 6.07 Å². The number of aromatic nitrogens is 2. The SMILES string of the molecule is CCCOc1cc(C)nc(NCC2CC(N)C2)n1. The lowest BCUT2D eigenvalue weighted by molar-refractivity contribution is 0.279. The molecule has 1 aliphatic carbocycles. The standard InChI is InChI=1S/C13H22N4O/c1-3-4-18-12-5-9(2)16-13(17-12)15-8-10-6-11(14)7-10/h5,10-11H,3-4,6-8,14H2,1-2H3,(H,15,16,17). The van der Waals surface area contributed by atoms with Gasteiger partial charge in [0.1, 0.15) is 0 Å². The zero-order valence-electron chi connectivity index (χ0n) is 11.1. The second-order valence-corrected chi connectivity index (χ2v) is 5.00. The number of hydrogen-bond donors (Lipinski definition) is 2. The number of nitrogens with two attached hydrogens (primary N) is 1. The zero-order chi connectivity index (χ0) is 13.0. The third-order valence-corrected chi connectivity index (χ3v) is 3.11. The molecule has 1 fully saturated rings. The fraction of sp³-hybridized carbons (Fsp3) is 0.692. The summed E-state index contributed by atoms with van der Waals surface area (Å²) in [6.45, 7) is 5.61. The molecule has 5 nitrogen and oxygen atoms in total. The van der Waals surface area contributed by atoms with Crippen molar-refractivity contribution >= 4 is 5.95 Å². The Balaban J connectivity index is 1.88. The molecule has 1 aromatic rings. The molecule has 18 heavy (non-hydrogen) atoms. The Kier molecular flexibility index (Phi) is 4.36. The number of rotatable bonds is 6. The Morgan fingerprint density at radius 3 is 2.89 bits per heavy atom. The quantitative estimate of drug-likeness (QED) is 0.804. The van der Waals surface area contributed by atoms with Crippen molar-refractivity contribution in [2.75, 3.05) is 18.5 Å². The van der Waals surface area contributed by atoms with Crippen LogP contribution in [0.2, 0.25) is 0 Å². The predicted octanol–water partition coefficient (Wildman–Crippen LogP) is 1.72. The molecule has 0 atom stereocenters. The van der Waals surface area contributed by atoms with E-state index in [9.17, 15) is 0 Å². The average Bonchev–Trinajstić information content (AvgIpc) is 2.30. The molecule has 0 radical (unpaired) electrons. The van der Waals surface area contributed by atoms with E-state index in [2.05, 4.69) is 22.2 Å². The summed E-state index contributed by atoms with van der Waals surface area (Å²) in [6.07, 6.45) is 3.17. The molecule has 1 heterocycles. The molecule has 0 amide bonds. The monoisotopic (exact) mass is 250 g/mol. The highest BCUT2D eigenvalue weighted by Gasteiger charge is 2.25. The number of aryl methyl sites for hydroxylation is 1. The van der Waals surface area contributed by atoms with Crippen LogP contribution in [-0.2, 0) is 0 Å². The maximum atomic E-state index is 5.76. The van der Waals surface area contributed by atoms with Crippen LogP contribution in [0.25, 0.3) is 0 Å². The summed E-state index contributed by atoms with van der Waals surface area (Å²) in [7, 11) is 0. The molecule has 0 bridgehead atoms. The van der Waals surface area contributed by atoms with E-state index in [4.69, 9.17) is 10.5 Å². The van der Waals surface area contributed by atoms with E-state index in [0.717, 1.165) is 31.5 Å². The van der Waals surface area contributed by atoms with Crippen molar-refractivity contribution < 1.29 is 4.74 Å². The molecular weight excluding hydrogens is 228 g/mol. The summed E-state index contributed by atoms with van der Waals surface area (Å²) in [5, 5.41) is 3.27. The Morgan fingerprint density at radius 1 is 1.44 bits per heavy atom. The summed E-state index contributed by atoms with van der Waals surface area (Å²) >= 11 is 0. The number of nitrogens with one attached hydrogen (secondary N) is 1. The van der Waals surface area contributed by atoms with Gasteiger partial charge in [-0.2, -0.15) is 4.98 Å². The van der Waals surface area contributed by atoms with Crippen molar-refractivity contribution in [1.82, 2.24) is 9.97 Å². The fourth-order valence-electron chi connectivity index (χ4n) is 2.09.